The van der Waals surface area contributed by atoms with Crippen LogP contribution in [0.3, 0.4) is 0 Å². The molecule has 0 aliphatic heterocycles. The Kier molecular flexibility index (Phi) is 21.4. The molecule has 0 aromatic heterocycles. The Labute approximate surface area is 336 Å². The minimum atomic E-state index is 0.275. The van der Waals surface area contributed by atoms with E-state index in [2.05, 4.69) is 223 Å². The first-order valence-corrected chi connectivity index (χ1v) is 20.8. The van der Waals surface area contributed by atoms with Gasteiger partial charge in [0.15, 0.2) is 0 Å². The van der Waals surface area contributed by atoms with E-state index in [1.807, 2.05) is 6.07 Å². The minimum absolute atomic E-state index is 0.275. The van der Waals surface area contributed by atoms with Crippen molar-refractivity contribution in [1.29, 1.82) is 0 Å². The van der Waals surface area contributed by atoms with Crippen LogP contribution >= 0.6 is 0 Å². The van der Waals surface area contributed by atoms with Crippen molar-refractivity contribution >= 4 is 0 Å². The van der Waals surface area contributed by atoms with E-state index in [1.54, 1.807) is 0 Å². The minimum Gasteiger partial charge on any atom is -0.314 e. The van der Waals surface area contributed by atoms with E-state index in [0.717, 1.165) is 13.0 Å². The second-order valence-corrected chi connectivity index (χ2v) is 15.8. The van der Waals surface area contributed by atoms with Crippen LogP contribution in [0, 0.1) is 0 Å². The maximum atomic E-state index is 3.64. The second-order valence-electron chi connectivity index (χ2n) is 15.8. The van der Waals surface area contributed by atoms with Gasteiger partial charge in [0.2, 0.25) is 0 Å². The fraction of sp³-hybridized carbons (Fsp3) is 0.412. The lowest BCUT2D eigenvalue weighted by Gasteiger charge is -2.28. The molecule has 0 saturated heterocycles. The zero-order valence-electron chi connectivity index (χ0n) is 35.4. The van der Waals surface area contributed by atoms with Crippen molar-refractivity contribution in [2.24, 2.45) is 0 Å². The van der Waals surface area contributed by atoms with Crippen LogP contribution in [-0.4, -0.2) is 30.7 Å². The normalized spacial score (nSPS) is 14.0. The predicted octanol–water partition coefficient (Wildman–Crippen LogP) is 11.8. The molecule has 296 valence electrons. The molecule has 0 amide bonds. The van der Waals surface area contributed by atoms with Crippen molar-refractivity contribution in [2.75, 3.05) is 6.54 Å². The Hall–Kier alpha value is -4.06. The molecule has 0 heterocycles. The quantitative estimate of drug-likeness (QED) is 0.0971. The van der Waals surface area contributed by atoms with E-state index >= 15 is 0 Å². The summed E-state index contributed by atoms with van der Waals surface area (Å²) in [5.74, 6) is 0. The van der Waals surface area contributed by atoms with Gasteiger partial charge in [0.1, 0.15) is 0 Å². The first kappa shape index (κ1) is 45.3. The van der Waals surface area contributed by atoms with Gasteiger partial charge in [0, 0.05) is 36.3 Å². The molecule has 0 radical (unpaired) electrons. The fourth-order valence-electron chi connectivity index (χ4n) is 6.83. The molecule has 4 nitrogen and oxygen atoms in total. The summed E-state index contributed by atoms with van der Waals surface area (Å²) >= 11 is 0. The van der Waals surface area contributed by atoms with Gasteiger partial charge in [-0.3, -0.25) is 0 Å². The molecule has 5 aromatic carbocycles. The maximum absolute atomic E-state index is 3.64. The summed E-state index contributed by atoms with van der Waals surface area (Å²) in [7, 11) is 0. The van der Waals surface area contributed by atoms with Crippen LogP contribution in [0.4, 0.5) is 0 Å². The van der Waals surface area contributed by atoms with Gasteiger partial charge in [-0.1, -0.05) is 187 Å². The Morgan fingerprint density at radius 3 is 1.45 bits per heavy atom. The highest BCUT2D eigenvalue weighted by molar-refractivity contribution is 5.33. The maximum Gasteiger partial charge on any atom is 0.0578 e. The molecule has 1 aliphatic rings. The summed E-state index contributed by atoms with van der Waals surface area (Å²) in [6.07, 6.45) is 4.99. The Morgan fingerprint density at radius 1 is 0.491 bits per heavy atom. The number of benzene rings is 5. The average molecular weight is 741 g/mol. The Bertz CT molecular complexity index is 1610. The zero-order chi connectivity index (χ0) is 39.8. The van der Waals surface area contributed by atoms with Crippen molar-refractivity contribution in [3.05, 3.63) is 179 Å². The largest absolute Gasteiger partial charge is 0.314 e. The zero-order valence-corrected chi connectivity index (χ0v) is 35.4. The molecule has 0 saturated carbocycles. The third kappa shape index (κ3) is 18.4. The summed E-state index contributed by atoms with van der Waals surface area (Å²) in [6.45, 7) is 20.7. The highest BCUT2D eigenvalue weighted by Gasteiger charge is 2.19. The molecule has 6 rings (SSSR count). The van der Waals surface area contributed by atoms with Crippen LogP contribution in [0.1, 0.15) is 127 Å². The van der Waals surface area contributed by atoms with Gasteiger partial charge in [-0.05, 0) is 86.4 Å². The first-order valence-electron chi connectivity index (χ1n) is 20.8. The number of rotatable bonds is 13. The number of aryl methyl sites for hydroxylation is 1. The lowest BCUT2D eigenvalue weighted by atomic mass is 9.87. The number of nitrogens with one attached hydrogen (secondary N) is 4. The highest BCUT2D eigenvalue weighted by atomic mass is 14.9. The fourth-order valence-corrected chi connectivity index (χ4v) is 6.83. The van der Waals surface area contributed by atoms with Crippen LogP contribution in [0.5, 0.6) is 0 Å². The molecule has 0 bridgehead atoms. The van der Waals surface area contributed by atoms with Crippen molar-refractivity contribution in [3.63, 3.8) is 0 Å². The van der Waals surface area contributed by atoms with Gasteiger partial charge in [-0.15, -0.1) is 0 Å². The molecule has 0 spiro atoms. The van der Waals surface area contributed by atoms with Crippen LogP contribution in [0.2, 0.25) is 0 Å². The van der Waals surface area contributed by atoms with Gasteiger partial charge < -0.3 is 21.3 Å². The van der Waals surface area contributed by atoms with E-state index in [1.165, 1.54) is 52.6 Å². The van der Waals surface area contributed by atoms with Crippen LogP contribution < -0.4 is 21.3 Å². The topological polar surface area (TPSA) is 48.1 Å². The second kappa shape index (κ2) is 25.9. The van der Waals surface area contributed by atoms with E-state index in [4.69, 9.17) is 0 Å². The van der Waals surface area contributed by atoms with Gasteiger partial charge in [0.25, 0.3) is 0 Å². The molecule has 5 aromatic rings. The molecule has 0 unspecified atom stereocenters. The lowest BCUT2D eigenvalue weighted by molar-refractivity contribution is 0.423. The van der Waals surface area contributed by atoms with Crippen molar-refractivity contribution in [2.45, 2.75) is 130 Å². The number of hydrogen-bond donors (Lipinski definition) is 4. The van der Waals surface area contributed by atoms with Crippen LogP contribution in [0.15, 0.2) is 146 Å². The molecule has 2 atom stereocenters. The smallest absolute Gasteiger partial charge is 0.0578 e. The van der Waals surface area contributed by atoms with Crippen molar-refractivity contribution < 1.29 is 0 Å². The molecular formula is C51H72N4. The Balaban J connectivity index is 0.000000199. The van der Waals surface area contributed by atoms with Gasteiger partial charge in [-0.2, -0.15) is 0 Å². The third-order valence-corrected chi connectivity index (χ3v) is 9.36. The van der Waals surface area contributed by atoms with Crippen molar-refractivity contribution in [1.82, 2.24) is 21.3 Å². The SMILES string of the molecule is CC(C)NC(c1ccccc1)c1ccccc1.CC(C)NCCc1ccccc1.CC(C)N[C@@H]1CCCc2ccccc21.CC(C)N[C@H](C)c1ccccc1. The van der Waals surface area contributed by atoms with Gasteiger partial charge in [-0.25, -0.2) is 0 Å². The Morgan fingerprint density at radius 2 is 0.964 bits per heavy atom. The van der Waals surface area contributed by atoms with Gasteiger partial charge >= 0.3 is 0 Å². The average Bonchev–Trinajstić information content (AvgIpc) is 3.19. The summed E-state index contributed by atoms with van der Waals surface area (Å²) in [5.41, 5.74) is 8.45. The molecule has 0 fully saturated rings. The van der Waals surface area contributed by atoms with E-state index in [9.17, 15) is 0 Å². The van der Waals surface area contributed by atoms with Gasteiger partial charge in [0.05, 0.1) is 6.04 Å². The summed E-state index contributed by atoms with van der Waals surface area (Å²) in [5, 5.41) is 14.1. The van der Waals surface area contributed by atoms with Crippen molar-refractivity contribution in [3.8, 4) is 0 Å². The standard InChI is InChI=1S/C16H19N.C13H19N.2C11H17N/c1-13(2)17-16(14-9-5-3-6-10-14)15-11-7-4-8-12-15;1-10(2)14-13-9-5-7-11-6-3-4-8-12(11)13;1-9(2)12-10(3)11-7-5-4-6-8-11;1-10(2)12-9-8-11-6-4-3-5-7-11/h3-13,16-17H,1-2H3;3-4,6,8,10,13-14H,5,7,9H2,1-2H3;4-10,12H,1-3H3;3-7,10,12H,8-9H2,1-2H3/t;13-;10-;/m.11./s1. The molecule has 55 heavy (non-hydrogen) atoms. The summed E-state index contributed by atoms with van der Waals surface area (Å²) < 4.78 is 0. The lowest BCUT2D eigenvalue weighted by Crippen LogP contribution is -2.30. The monoisotopic (exact) mass is 741 g/mol. The number of hydrogen-bond acceptors (Lipinski definition) is 4. The molecular weight excluding hydrogens is 669 g/mol. The molecule has 1 aliphatic carbocycles. The molecule has 4 heteroatoms. The summed E-state index contributed by atoms with van der Waals surface area (Å²) in [6, 6.07) is 54.6. The third-order valence-electron chi connectivity index (χ3n) is 9.36. The number of fused-ring (bicyclic) bond motifs is 1. The van der Waals surface area contributed by atoms with E-state index < -0.39 is 0 Å². The van der Waals surface area contributed by atoms with Crippen LogP contribution in [0.25, 0.3) is 0 Å². The highest BCUT2D eigenvalue weighted by Crippen LogP contribution is 2.29. The first-order chi connectivity index (χ1) is 26.5. The summed E-state index contributed by atoms with van der Waals surface area (Å²) in [4.78, 5) is 0. The molecule has 4 N–H and O–H groups in total. The van der Waals surface area contributed by atoms with E-state index in [-0.39, 0.29) is 6.04 Å². The van der Waals surface area contributed by atoms with E-state index in [0.29, 0.717) is 36.3 Å². The van der Waals surface area contributed by atoms with Crippen LogP contribution in [-0.2, 0) is 12.8 Å². The predicted molar refractivity (Wildman–Crippen MR) is 240 cm³/mol.